The van der Waals surface area contributed by atoms with Gasteiger partial charge in [-0.15, -0.1) is 10.2 Å². The lowest BCUT2D eigenvalue weighted by atomic mass is 10.2. The first-order chi connectivity index (χ1) is 15.0. The molecule has 158 valence electrons. The Bertz CT molecular complexity index is 1280. The molecule has 2 heterocycles. The number of nitrogens with one attached hydrogen (secondary N) is 2. The van der Waals surface area contributed by atoms with Crippen molar-refractivity contribution in [3.63, 3.8) is 0 Å². The molecule has 4 aromatic rings. The van der Waals surface area contributed by atoms with Crippen LogP contribution < -0.4 is 16.0 Å². The first kappa shape index (κ1) is 20.7. The summed E-state index contributed by atoms with van der Waals surface area (Å²) in [5.41, 5.74) is 2.71. The van der Waals surface area contributed by atoms with Crippen LogP contribution in [-0.4, -0.2) is 31.8 Å². The van der Waals surface area contributed by atoms with Crippen molar-refractivity contribution in [3.05, 3.63) is 98.1 Å². The maximum Gasteiger partial charge on any atom is 0.325 e. The molecule has 31 heavy (non-hydrogen) atoms. The molecule has 2 N–H and O–H groups in total. The monoisotopic (exact) mass is 435 g/mol. The van der Waals surface area contributed by atoms with Gasteiger partial charge >= 0.3 is 5.69 Å². The van der Waals surface area contributed by atoms with Crippen molar-refractivity contribution in [3.8, 4) is 11.4 Å². The maximum absolute atomic E-state index is 11.7. The summed E-state index contributed by atoms with van der Waals surface area (Å²) in [4.78, 5) is 28.2. The topological polar surface area (TPSA) is 106 Å². The van der Waals surface area contributed by atoms with E-state index in [4.69, 9.17) is 4.74 Å². The molecule has 0 aliphatic rings. The Morgan fingerprint density at radius 2 is 1.84 bits per heavy atom. The predicted octanol–water partition coefficient (Wildman–Crippen LogP) is 2.84. The minimum atomic E-state index is -0.549. The van der Waals surface area contributed by atoms with E-state index in [0.717, 1.165) is 17.2 Å². The van der Waals surface area contributed by atoms with Crippen LogP contribution in [0.25, 0.3) is 5.69 Å². The molecule has 8 nitrogen and oxygen atoms in total. The number of nitrogens with zero attached hydrogens (tertiary/aromatic N) is 3. The molecule has 0 bridgehead atoms. The summed E-state index contributed by atoms with van der Waals surface area (Å²) in [6.07, 6.45) is 0.253. The number of H-pyrrole nitrogens is 2. The molecule has 2 aromatic carbocycles. The number of rotatable bonds is 7. The summed E-state index contributed by atoms with van der Waals surface area (Å²) in [5, 5.41) is 9.44. The lowest BCUT2D eigenvalue weighted by Crippen LogP contribution is -2.23. The number of benzene rings is 2. The summed E-state index contributed by atoms with van der Waals surface area (Å²) in [6, 6.07) is 17.2. The summed E-state index contributed by atoms with van der Waals surface area (Å²) >= 11 is 1.57. The van der Waals surface area contributed by atoms with Crippen molar-refractivity contribution in [2.24, 2.45) is 0 Å². The van der Waals surface area contributed by atoms with E-state index in [0.29, 0.717) is 16.7 Å². The highest BCUT2D eigenvalue weighted by Crippen LogP contribution is 2.27. The number of aromatic amines is 2. The number of thioether (sulfide) groups is 1. The summed E-state index contributed by atoms with van der Waals surface area (Å²) in [6.45, 7) is 2.06. The van der Waals surface area contributed by atoms with E-state index in [1.165, 1.54) is 17.2 Å². The van der Waals surface area contributed by atoms with Crippen LogP contribution in [0.3, 0.4) is 0 Å². The van der Waals surface area contributed by atoms with Crippen LogP contribution in [0.15, 0.2) is 69.3 Å². The molecule has 2 aromatic heterocycles. The van der Waals surface area contributed by atoms with E-state index in [-0.39, 0.29) is 6.42 Å². The molecule has 0 atom stereocenters. The number of aryl methyl sites for hydroxylation is 1. The predicted molar refractivity (Wildman–Crippen MR) is 119 cm³/mol. The van der Waals surface area contributed by atoms with E-state index in [1.807, 2.05) is 34.9 Å². The third kappa shape index (κ3) is 4.95. The van der Waals surface area contributed by atoms with Crippen molar-refractivity contribution in [1.29, 1.82) is 0 Å². The normalized spacial score (nSPS) is 10.9. The SMILES string of the molecule is COc1ccc(-n2c(Cc3cc(=O)[nH]c(=O)[nH]3)nnc2SCc2cccc(C)c2)cc1. The smallest absolute Gasteiger partial charge is 0.325 e. The van der Waals surface area contributed by atoms with E-state index in [2.05, 4.69) is 45.3 Å². The fourth-order valence-corrected chi connectivity index (χ4v) is 4.15. The molecule has 0 aliphatic heterocycles. The highest BCUT2D eigenvalue weighted by Gasteiger charge is 2.16. The van der Waals surface area contributed by atoms with Crippen molar-refractivity contribution in [1.82, 2.24) is 24.7 Å². The molecule has 0 saturated heterocycles. The highest BCUT2D eigenvalue weighted by atomic mass is 32.2. The average molecular weight is 436 g/mol. The Labute approximate surface area is 182 Å². The molecule has 4 rings (SSSR count). The Morgan fingerprint density at radius 1 is 1.03 bits per heavy atom. The average Bonchev–Trinajstić information content (AvgIpc) is 3.14. The van der Waals surface area contributed by atoms with Gasteiger partial charge in [0.2, 0.25) is 0 Å². The van der Waals surface area contributed by atoms with Crippen molar-refractivity contribution >= 4 is 11.8 Å². The molecular weight excluding hydrogens is 414 g/mol. The Balaban J connectivity index is 1.70. The van der Waals surface area contributed by atoms with Gasteiger partial charge in [0.25, 0.3) is 5.56 Å². The molecule has 0 fully saturated rings. The van der Waals surface area contributed by atoms with E-state index in [9.17, 15) is 9.59 Å². The van der Waals surface area contributed by atoms with Gasteiger partial charge in [-0.1, -0.05) is 41.6 Å². The minimum absolute atomic E-state index is 0.253. The number of aromatic nitrogens is 5. The fraction of sp³-hybridized carbons (Fsp3) is 0.182. The van der Waals surface area contributed by atoms with Gasteiger partial charge in [-0.05, 0) is 36.8 Å². The van der Waals surface area contributed by atoms with Crippen LogP contribution in [0, 0.1) is 6.92 Å². The Hall–Kier alpha value is -3.59. The standard InChI is InChI=1S/C22H21N5O3S/c1-14-4-3-5-15(10-14)13-31-22-26-25-19(11-16-12-20(28)24-21(29)23-16)27(22)17-6-8-18(30-2)9-7-17/h3-10,12H,11,13H2,1-2H3,(H2,23,24,28,29). The molecule has 0 amide bonds. The van der Waals surface area contributed by atoms with Crippen LogP contribution in [0.4, 0.5) is 0 Å². The lowest BCUT2D eigenvalue weighted by molar-refractivity contribution is 0.414. The van der Waals surface area contributed by atoms with Gasteiger partial charge < -0.3 is 9.72 Å². The van der Waals surface area contributed by atoms with Gasteiger partial charge in [0.05, 0.1) is 7.11 Å². The third-order valence-corrected chi connectivity index (χ3v) is 5.65. The Morgan fingerprint density at radius 3 is 2.55 bits per heavy atom. The second-order valence-electron chi connectivity index (χ2n) is 7.00. The zero-order chi connectivity index (χ0) is 21.8. The highest BCUT2D eigenvalue weighted by molar-refractivity contribution is 7.98. The van der Waals surface area contributed by atoms with Crippen LogP contribution in [0.2, 0.25) is 0 Å². The number of ether oxygens (including phenoxy) is 1. The quantitative estimate of drug-likeness (QED) is 0.433. The lowest BCUT2D eigenvalue weighted by Gasteiger charge is -2.11. The Kier molecular flexibility index (Phi) is 6.03. The molecule has 0 spiro atoms. The van der Waals surface area contributed by atoms with Crippen LogP contribution in [0.5, 0.6) is 5.75 Å². The van der Waals surface area contributed by atoms with E-state index in [1.54, 1.807) is 18.9 Å². The summed E-state index contributed by atoms with van der Waals surface area (Å²) in [7, 11) is 1.62. The van der Waals surface area contributed by atoms with E-state index < -0.39 is 11.2 Å². The van der Waals surface area contributed by atoms with Gasteiger partial charge in [-0.2, -0.15) is 0 Å². The zero-order valence-corrected chi connectivity index (χ0v) is 17.9. The van der Waals surface area contributed by atoms with Gasteiger partial charge in [-0.25, -0.2) is 4.79 Å². The molecular formula is C22H21N5O3S. The van der Waals surface area contributed by atoms with Crippen molar-refractivity contribution in [2.45, 2.75) is 24.3 Å². The minimum Gasteiger partial charge on any atom is -0.497 e. The van der Waals surface area contributed by atoms with Crippen molar-refractivity contribution in [2.75, 3.05) is 7.11 Å². The van der Waals surface area contributed by atoms with Gasteiger partial charge in [0, 0.05) is 29.6 Å². The fourth-order valence-electron chi connectivity index (χ4n) is 3.23. The van der Waals surface area contributed by atoms with Crippen LogP contribution in [0.1, 0.15) is 22.6 Å². The van der Waals surface area contributed by atoms with Crippen LogP contribution in [-0.2, 0) is 12.2 Å². The molecule has 0 saturated carbocycles. The first-order valence-corrected chi connectivity index (χ1v) is 10.6. The second kappa shape index (κ2) is 9.05. The van der Waals surface area contributed by atoms with E-state index >= 15 is 0 Å². The van der Waals surface area contributed by atoms with Gasteiger partial charge in [0.15, 0.2) is 5.16 Å². The molecule has 0 aliphatic carbocycles. The van der Waals surface area contributed by atoms with Crippen molar-refractivity contribution < 1.29 is 4.74 Å². The maximum atomic E-state index is 11.7. The molecule has 9 heteroatoms. The summed E-state index contributed by atoms with van der Waals surface area (Å²) < 4.78 is 7.19. The largest absolute Gasteiger partial charge is 0.497 e. The van der Waals surface area contributed by atoms with Gasteiger partial charge in [-0.3, -0.25) is 14.3 Å². The molecule has 0 radical (unpaired) electrons. The van der Waals surface area contributed by atoms with Gasteiger partial charge in [0.1, 0.15) is 11.6 Å². The third-order valence-electron chi connectivity index (χ3n) is 4.65. The number of methoxy groups -OCH3 is 1. The second-order valence-corrected chi connectivity index (χ2v) is 7.94. The first-order valence-electron chi connectivity index (χ1n) is 9.61. The zero-order valence-electron chi connectivity index (χ0n) is 17.1. The molecule has 0 unspecified atom stereocenters. The number of hydrogen-bond acceptors (Lipinski definition) is 6. The summed E-state index contributed by atoms with van der Waals surface area (Å²) in [5.74, 6) is 2.09. The van der Waals surface area contributed by atoms with Crippen LogP contribution >= 0.6 is 11.8 Å². The number of hydrogen-bond donors (Lipinski definition) is 2.